The van der Waals surface area contributed by atoms with Gasteiger partial charge in [-0.15, -0.1) is 0 Å². The Morgan fingerprint density at radius 3 is 2.36 bits per heavy atom. The van der Waals surface area contributed by atoms with Crippen LogP contribution in [0.4, 0.5) is 0 Å². The summed E-state index contributed by atoms with van der Waals surface area (Å²) in [7, 11) is 5.35. The van der Waals surface area contributed by atoms with E-state index in [2.05, 4.69) is 0 Å². The SMILES string of the molecule is COc1ccccc1[C@H]1/C(=C(\O)c2ccccc2)C(=O)C(=O)N1CCN(C)C. The Balaban J connectivity index is 2.18. The Kier molecular flexibility index (Phi) is 5.80. The summed E-state index contributed by atoms with van der Waals surface area (Å²) in [5.41, 5.74) is 1.24. The topological polar surface area (TPSA) is 70.1 Å². The van der Waals surface area contributed by atoms with Gasteiger partial charge in [0.25, 0.3) is 11.7 Å². The van der Waals surface area contributed by atoms with Crippen LogP contribution in [-0.4, -0.2) is 60.9 Å². The molecule has 1 aliphatic rings. The number of carbonyl (C=O) groups excluding carboxylic acids is 2. The zero-order chi connectivity index (χ0) is 20.3. The van der Waals surface area contributed by atoms with Gasteiger partial charge in [0, 0.05) is 24.2 Å². The van der Waals surface area contributed by atoms with Crippen molar-refractivity contribution in [2.24, 2.45) is 0 Å². The number of likely N-dealkylation sites (N-methyl/N-ethyl adjacent to an activating group) is 1. The van der Waals surface area contributed by atoms with Crippen molar-refractivity contribution in [1.82, 2.24) is 9.80 Å². The Bertz CT molecular complexity index is 906. The Hall–Kier alpha value is -3.12. The summed E-state index contributed by atoms with van der Waals surface area (Å²) in [6.45, 7) is 0.940. The fourth-order valence-corrected chi connectivity index (χ4v) is 3.39. The molecule has 2 aromatic rings. The highest BCUT2D eigenvalue weighted by atomic mass is 16.5. The normalized spacial score (nSPS) is 18.7. The second-order valence-corrected chi connectivity index (χ2v) is 6.90. The molecular weight excluding hydrogens is 356 g/mol. The van der Waals surface area contributed by atoms with E-state index >= 15 is 0 Å². The van der Waals surface area contributed by atoms with Crippen LogP contribution in [0.1, 0.15) is 17.2 Å². The summed E-state index contributed by atoms with van der Waals surface area (Å²) >= 11 is 0. The third-order valence-electron chi connectivity index (χ3n) is 4.81. The smallest absolute Gasteiger partial charge is 0.295 e. The number of ether oxygens (including phenoxy) is 1. The monoisotopic (exact) mass is 380 g/mol. The lowest BCUT2D eigenvalue weighted by atomic mass is 9.94. The van der Waals surface area contributed by atoms with Crippen LogP contribution in [0.5, 0.6) is 5.75 Å². The molecular formula is C22H24N2O4. The van der Waals surface area contributed by atoms with Crippen molar-refractivity contribution in [3.63, 3.8) is 0 Å². The van der Waals surface area contributed by atoms with Crippen LogP contribution in [0.25, 0.3) is 5.76 Å². The molecule has 1 N–H and O–H groups in total. The zero-order valence-electron chi connectivity index (χ0n) is 16.3. The zero-order valence-corrected chi connectivity index (χ0v) is 16.3. The minimum absolute atomic E-state index is 0.0828. The van der Waals surface area contributed by atoms with E-state index in [1.807, 2.05) is 43.3 Å². The number of rotatable bonds is 6. The van der Waals surface area contributed by atoms with Gasteiger partial charge >= 0.3 is 0 Å². The first kappa shape index (κ1) is 19.6. The van der Waals surface area contributed by atoms with E-state index in [-0.39, 0.29) is 11.3 Å². The number of methoxy groups -OCH3 is 1. The van der Waals surface area contributed by atoms with E-state index in [4.69, 9.17) is 4.74 Å². The lowest BCUT2D eigenvalue weighted by molar-refractivity contribution is -0.140. The molecule has 1 saturated heterocycles. The number of hydrogen-bond acceptors (Lipinski definition) is 5. The van der Waals surface area contributed by atoms with Gasteiger partial charge in [0.1, 0.15) is 11.5 Å². The summed E-state index contributed by atoms with van der Waals surface area (Å²) < 4.78 is 5.47. The van der Waals surface area contributed by atoms with Gasteiger partial charge in [0.05, 0.1) is 18.7 Å². The summed E-state index contributed by atoms with van der Waals surface area (Å²) in [4.78, 5) is 29.2. The largest absolute Gasteiger partial charge is 0.507 e. The van der Waals surface area contributed by atoms with Crippen molar-refractivity contribution in [2.75, 3.05) is 34.3 Å². The molecule has 1 fully saturated rings. The third-order valence-corrected chi connectivity index (χ3v) is 4.81. The van der Waals surface area contributed by atoms with E-state index in [9.17, 15) is 14.7 Å². The lowest BCUT2D eigenvalue weighted by Gasteiger charge is -2.27. The van der Waals surface area contributed by atoms with Gasteiger partial charge in [0.15, 0.2) is 0 Å². The predicted molar refractivity (Wildman–Crippen MR) is 107 cm³/mol. The number of hydrogen-bond donors (Lipinski definition) is 1. The summed E-state index contributed by atoms with van der Waals surface area (Å²) in [6, 6.07) is 15.3. The number of aliphatic hydroxyl groups excluding tert-OH is 1. The molecule has 1 aliphatic heterocycles. The van der Waals surface area contributed by atoms with Crippen LogP contribution in [-0.2, 0) is 9.59 Å². The van der Waals surface area contributed by atoms with E-state index in [0.717, 1.165) is 0 Å². The number of para-hydroxylation sites is 1. The van der Waals surface area contributed by atoms with Crippen LogP contribution in [0.15, 0.2) is 60.2 Å². The minimum atomic E-state index is -0.712. The van der Waals surface area contributed by atoms with Crippen molar-refractivity contribution in [2.45, 2.75) is 6.04 Å². The van der Waals surface area contributed by atoms with E-state index in [1.165, 1.54) is 4.90 Å². The first-order valence-corrected chi connectivity index (χ1v) is 9.07. The summed E-state index contributed by atoms with van der Waals surface area (Å²) in [5, 5.41) is 10.9. The van der Waals surface area contributed by atoms with Gasteiger partial charge in [-0.25, -0.2) is 0 Å². The highest BCUT2D eigenvalue weighted by Gasteiger charge is 2.46. The summed E-state index contributed by atoms with van der Waals surface area (Å²) in [6.07, 6.45) is 0. The first-order chi connectivity index (χ1) is 13.5. The van der Waals surface area contributed by atoms with Gasteiger partial charge in [-0.05, 0) is 20.2 Å². The van der Waals surface area contributed by atoms with Gasteiger partial charge in [-0.3, -0.25) is 9.59 Å². The van der Waals surface area contributed by atoms with E-state index < -0.39 is 17.7 Å². The minimum Gasteiger partial charge on any atom is -0.507 e. The van der Waals surface area contributed by atoms with Crippen LogP contribution >= 0.6 is 0 Å². The van der Waals surface area contributed by atoms with Gasteiger partial charge in [0.2, 0.25) is 0 Å². The molecule has 0 bridgehead atoms. The molecule has 6 heteroatoms. The third kappa shape index (κ3) is 3.64. The van der Waals surface area contributed by atoms with Crippen LogP contribution in [0, 0.1) is 0 Å². The molecule has 0 aromatic heterocycles. The van der Waals surface area contributed by atoms with E-state index in [1.54, 1.807) is 37.4 Å². The molecule has 28 heavy (non-hydrogen) atoms. The number of Topliss-reactive ketones (excluding diaryl/α,β-unsaturated/α-hetero) is 1. The number of amides is 1. The number of nitrogens with zero attached hydrogens (tertiary/aromatic N) is 2. The molecule has 1 amide bonds. The highest BCUT2D eigenvalue weighted by Crippen LogP contribution is 2.42. The number of aliphatic hydroxyl groups is 1. The second kappa shape index (κ2) is 8.27. The molecule has 1 heterocycles. The van der Waals surface area contributed by atoms with Crippen molar-refractivity contribution >= 4 is 17.4 Å². The van der Waals surface area contributed by atoms with Crippen LogP contribution in [0.3, 0.4) is 0 Å². The molecule has 0 spiro atoms. The maximum Gasteiger partial charge on any atom is 0.295 e. The number of carbonyl (C=O) groups is 2. The lowest BCUT2D eigenvalue weighted by Crippen LogP contribution is -2.35. The first-order valence-electron chi connectivity index (χ1n) is 9.07. The molecule has 0 unspecified atom stereocenters. The van der Waals surface area contributed by atoms with Gasteiger partial charge in [-0.1, -0.05) is 48.5 Å². The van der Waals surface area contributed by atoms with Gasteiger partial charge < -0.3 is 19.6 Å². The maximum absolute atomic E-state index is 12.9. The summed E-state index contributed by atoms with van der Waals surface area (Å²) in [5.74, 6) is -0.920. The van der Waals surface area contributed by atoms with Crippen molar-refractivity contribution in [3.05, 3.63) is 71.3 Å². The quantitative estimate of drug-likeness (QED) is 0.474. The molecule has 1 atom stereocenters. The van der Waals surface area contributed by atoms with E-state index in [0.29, 0.717) is 30.0 Å². The average Bonchev–Trinajstić information content (AvgIpc) is 2.96. The number of benzene rings is 2. The molecule has 6 nitrogen and oxygen atoms in total. The fraction of sp³-hybridized carbons (Fsp3) is 0.273. The molecule has 0 aliphatic carbocycles. The Morgan fingerprint density at radius 1 is 1.07 bits per heavy atom. The maximum atomic E-state index is 12.9. The van der Waals surface area contributed by atoms with Crippen molar-refractivity contribution in [3.8, 4) is 5.75 Å². The Morgan fingerprint density at radius 2 is 1.71 bits per heavy atom. The Labute approximate surface area is 164 Å². The highest BCUT2D eigenvalue weighted by molar-refractivity contribution is 6.46. The molecule has 146 valence electrons. The molecule has 2 aromatic carbocycles. The van der Waals surface area contributed by atoms with Crippen molar-refractivity contribution < 1.29 is 19.4 Å². The standard InChI is InChI=1S/C22H24N2O4/c1-23(2)13-14-24-19(16-11-7-8-12-17(16)28-3)18(21(26)22(24)27)20(25)15-9-5-4-6-10-15/h4-12,19,25H,13-14H2,1-3H3/b20-18+/t19-/m0/s1. The average molecular weight is 380 g/mol. The number of ketones is 1. The van der Waals surface area contributed by atoms with Gasteiger partial charge in [-0.2, -0.15) is 0 Å². The predicted octanol–water partition coefficient (Wildman–Crippen LogP) is 2.68. The molecule has 0 saturated carbocycles. The van der Waals surface area contributed by atoms with Crippen molar-refractivity contribution in [1.29, 1.82) is 0 Å². The fourth-order valence-electron chi connectivity index (χ4n) is 3.39. The second-order valence-electron chi connectivity index (χ2n) is 6.90. The number of likely N-dealkylation sites (tertiary alicyclic amines) is 1. The molecule has 3 rings (SSSR count). The van der Waals surface area contributed by atoms with Crippen LogP contribution in [0.2, 0.25) is 0 Å². The van der Waals surface area contributed by atoms with Crippen LogP contribution < -0.4 is 4.74 Å². The molecule has 0 radical (unpaired) electrons.